The molecule has 0 saturated carbocycles. The second-order valence-electron chi connectivity index (χ2n) is 5.04. The normalized spacial score (nSPS) is 10.8. The van der Waals surface area contributed by atoms with E-state index >= 15 is 0 Å². The maximum atomic E-state index is 13.7. The molecule has 8 nitrogen and oxygen atoms in total. The highest BCUT2D eigenvalue weighted by Gasteiger charge is 2.17. The number of nitrogens with one attached hydrogen (secondary N) is 1. The Morgan fingerprint density at radius 1 is 1.32 bits per heavy atom. The van der Waals surface area contributed by atoms with E-state index in [1.807, 2.05) is 0 Å². The van der Waals surface area contributed by atoms with Gasteiger partial charge in [0.05, 0.1) is 22.2 Å². The monoisotopic (exact) mass is 409 g/mol. The average Bonchev–Trinajstić information content (AvgIpc) is 2.85. The topological polar surface area (TPSA) is 107 Å². The summed E-state index contributed by atoms with van der Waals surface area (Å²) >= 11 is 3.11. The largest absolute Gasteiger partial charge is 0.420 e. The zero-order valence-corrected chi connectivity index (χ0v) is 13.9. The number of halogens is 2. The van der Waals surface area contributed by atoms with Crippen molar-refractivity contribution >= 4 is 44.3 Å². The van der Waals surface area contributed by atoms with Crippen molar-refractivity contribution in [1.82, 2.24) is 4.57 Å². The first-order chi connectivity index (χ1) is 11.8. The molecule has 0 saturated heterocycles. The molecule has 0 atom stereocenters. The first-order valence-electron chi connectivity index (χ1n) is 6.88. The summed E-state index contributed by atoms with van der Waals surface area (Å²) in [5.74, 6) is -2.13. The number of rotatable bonds is 4. The van der Waals surface area contributed by atoms with Gasteiger partial charge in [0.1, 0.15) is 12.4 Å². The number of fused-ring (bicyclic) bond motifs is 1. The first-order valence-corrected chi connectivity index (χ1v) is 7.67. The van der Waals surface area contributed by atoms with Crippen LogP contribution in [0.15, 0.2) is 50.1 Å². The van der Waals surface area contributed by atoms with Crippen molar-refractivity contribution in [2.75, 3.05) is 5.32 Å². The minimum atomic E-state index is -0.845. The lowest BCUT2D eigenvalue weighted by Gasteiger charge is -2.07. The van der Waals surface area contributed by atoms with Crippen molar-refractivity contribution in [3.63, 3.8) is 0 Å². The molecule has 3 rings (SSSR count). The number of carbonyl (C=O) groups is 1. The number of hydrogen-bond donors (Lipinski definition) is 1. The van der Waals surface area contributed by atoms with E-state index in [0.29, 0.717) is 4.47 Å². The number of non-ortho nitro benzene ring substituents is 1. The van der Waals surface area contributed by atoms with Gasteiger partial charge in [-0.05, 0) is 24.3 Å². The summed E-state index contributed by atoms with van der Waals surface area (Å²) in [5, 5.41) is 13.1. The fraction of sp³-hybridized carbons (Fsp3) is 0.0667. The standard InChI is InChI=1S/C15H9BrFN3O5/c16-8-1-3-11(10(17)5-8)18-14(21)7-19-12-4-2-9(20(23)24)6-13(12)25-15(19)22/h1-6H,7H2,(H,18,21). The summed E-state index contributed by atoms with van der Waals surface area (Å²) in [6.45, 7) is -0.431. The zero-order chi connectivity index (χ0) is 18.1. The van der Waals surface area contributed by atoms with Crippen LogP contribution in [0.5, 0.6) is 0 Å². The third-order valence-corrected chi connectivity index (χ3v) is 3.86. The number of aromatic nitrogens is 1. The SMILES string of the molecule is O=C(Cn1c(=O)oc2cc([N+](=O)[O-])ccc21)Nc1ccc(Br)cc1F. The van der Waals surface area contributed by atoms with Gasteiger partial charge >= 0.3 is 5.76 Å². The molecule has 2 aromatic carbocycles. The number of nitro benzene ring substituents is 1. The molecular weight excluding hydrogens is 401 g/mol. The number of anilines is 1. The van der Waals surface area contributed by atoms with Gasteiger partial charge in [-0.1, -0.05) is 15.9 Å². The second-order valence-corrected chi connectivity index (χ2v) is 5.95. The van der Waals surface area contributed by atoms with Gasteiger partial charge in [0.25, 0.3) is 5.69 Å². The van der Waals surface area contributed by atoms with E-state index in [1.54, 1.807) is 6.07 Å². The Balaban J connectivity index is 1.87. The molecule has 1 aromatic heterocycles. The third kappa shape index (κ3) is 3.43. The molecule has 3 aromatic rings. The maximum absolute atomic E-state index is 13.7. The van der Waals surface area contributed by atoms with Crippen molar-refractivity contribution in [2.45, 2.75) is 6.54 Å². The molecule has 1 amide bonds. The van der Waals surface area contributed by atoms with E-state index in [0.717, 1.165) is 10.6 Å². The molecule has 0 aliphatic carbocycles. The molecular formula is C15H9BrFN3O5. The van der Waals surface area contributed by atoms with Crippen LogP contribution < -0.4 is 11.1 Å². The van der Waals surface area contributed by atoms with Gasteiger partial charge < -0.3 is 9.73 Å². The number of amides is 1. The van der Waals surface area contributed by atoms with Crippen LogP contribution in [-0.4, -0.2) is 15.4 Å². The number of nitrogens with zero attached hydrogens (tertiary/aromatic N) is 2. The number of nitro groups is 1. The first kappa shape index (κ1) is 16.8. The van der Waals surface area contributed by atoms with E-state index in [9.17, 15) is 24.1 Å². The molecule has 1 N–H and O–H groups in total. The molecule has 0 bridgehead atoms. The number of benzene rings is 2. The molecule has 0 radical (unpaired) electrons. The Hall–Kier alpha value is -3.01. The van der Waals surface area contributed by atoms with Crippen LogP contribution in [-0.2, 0) is 11.3 Å². The highest BCUT2D eigenvalue weighted by atomic mass is 79.9. The Bertz CT molecular complexity index is 1060. The molecule has 10 heteroatoms. The van der Waals surface area contributed by atoms with E-state index in [4.69, 9.17) is 4.42 Å². The Morgan fingerprint density at radius 2 is 2.08 bits per heavy atom. The molecule has 0 aliphatic heterocycles. The van der Waals surface area contributed by atoms with E-state index in [1.165, 1.54) is 24.3 Å². The van der Waals surface area contributed by atoms with Crippen LogP contribution in [0.25, 0.3) is 11.1 Å². The molecule has 128 valence electrons. The van der Waals surface area contributed by atoms with Crippen molar-refractivity contribution in [1.29, 1.82) is 0 Å². The molecule has 1 heterocycles. The van der Waals surface area contributed by atoms with Gasteiger partial charge in [-0.3, -0.25) is 19.5 Å². The van der Waals surface area contributed by atoms with Crippen LogP contribution in [0.1, 0.15) is 0 Å². The minimum Gasteiger partial charge on any atom is -0.407 e. The van der Waals surface area contributed by atoms with Crippen LogP contribution in [0, 0.1) is 15.9 Å². The lowest BCUT2D eigenvalue weighted by molar-refractivity contribution is -0.384. The summed E-state index contributed by atoms with van der Waals surface area (Å²) < 4.78 is 20.2. The fourth-order valence-corrected chi connectivity index (χ4v) is 2.58. The smallest absolute Gasteiger partial charge is 0.407 e. The summed E-state index contributed by atoms with van der Waals surface area (Å²) in [7, 11) is 0. The van der Waals surface area contributed by atoms with Crippen LogP contribution in [0.3, 0.4) is 0 Å². The number of oxazole rings is 1. The zero-order valence-electron chi connectivity index (χ0n) is 12.4. The highest BCUT2D eigenvalue weighted by Crippen LogP contribution is 2.21. The number of carbonyl (C=O) groups excluding carboxylic acids is 1. The van der Waals surface area contributed by atoms with Crippen LogP contribution in [0.4, 0.5) is 15.8 Å². The second kappa shape index (κ2) is 6.48. The predicted molar refractivity (Wildman–Crippen MR) is 89.9 cm³/mol. The highest BCUT2D eigenvalue weighted by molar-refractivity contribution is 9.10. The Kier molecular flexibility index (Phi) is 4.36. The summed E-state index contributed by atoms with van der Waals surface area (Å²) in [6.07, 6.45) is 0. The molecule has 25 heavy (non-hydrogen) atoms. The summed E-state index contributed by atoms with van der Waals surface area (Å²) in [5.41, 5.74) is -0.0664. The van der Waals surface area contributed by atoms with Crippen molar-refractivity contribution in [3.8, 4) is 0 Å². The molecule has 0 fully saturated rings. The minimum absolute atomic E-state index is 0.0122. The van der Waals surface area contributed by atoms with Gasteiger partial charge in [-0.15, -0.1) is 0 Å². The van der Waals surface area contributed by atoms with Crippen LogP contribution >= 0.6 is 15.9 Å². The Labute approximate surface area is 147 Å². The third-order valence-electron chi connectivity index (χ3n) is 3.37. The van der Waals surface area contributed by atoms with E-state index in [-0.39, 0.29) is 22.5 Å². The lowest BCUT2D eigenvalue weighted by atomic mass is 10.3. The quantitative estimate of drug-likeness (QED) is 0.526. The van der Waals surface area contributed by atoms with Crippen LogP contribution in [0.2, 0.25) is 0 Å². The van der Waals surface area contributed by atoms with Gasteiger partial charge in [0.15, 0.2) is 5.58 Å². The fourth-order valence-electron chi connectivity index (χ4n) is 2.24. The van der Waals surface area contributed by atoms with Crippen molar-refractivity contribution in [2.24, 2.45) is 0 Å². The van der Waals surface area contributed by atoms with Crippen molar-refractivity contribution < 1.29 is 18.5 Å². The van der Waals surface area contributed by atoms with E-state index in [2.05, 4.69) is 21.2 Å². The lowest BCUT2D eigenvalue weighted by Crippen LogP contribution is -2.25. The van der Waals surface area contributed by atoms with E-state index < -0.39 is 28.9 Å². The molecule has 0 spiro atoms. The molecule has 0 aliphatic rings. The van der Waals surface area contributed by atoms with Gasteiger partial charge in [-0.2, -0.15) is 0 Å². The predicted octanol–water partition coefficient (Wildman–Crippen LogP) is 3.04. The van der Waals surface area contributed by atoms with Gasteiger partial charge in [0, 0.05) is 10.5 Å². The maximum Gasteiger partial charge on any atom is 0.420 e. The van der Waals surface area contributed by atoms with Crippen molar-refractivity contribution in [3.05, 3.63) is 67.4 Å². The van der Waals surface area contributed by atoms with Gasteiger partial charge in [-0.25, -0.2) is 9.18 Å². The Morgan fingerprint density at radius 3 is 2.76 bits per heavy atom. The number of hydrogen-bond acceptors (Lipinski definition) is 5. The summed E-state index contributed by atoms with van der Waals surface area (Å²) in [4.78, 5) is 34.1. The average molecular weight is 410 g/mol. The molecule has 0 unspecified atom stereocenters. The summed E-state index contributed by atoms with van der Waals surface area (Å²) in [6, 6.07) is 7.72. The van der Waals surface area contributed by atoms with Gasteiger partial charge in [0.2, 0.25) is 5.91 Å².